The van der Waals surface area contributed by atoms with E-state index in [2.05, 4.69) is 44.1 Å². The number of aromatic hydroxyl groups is 2. The van der Waals surface area contributed by atoms with Crippen LogP contribution >= 0.6 is 22.9 Å². The fourth-order valence-electron chi connectivity index (χ4n) is 6.44. The molecule has 0 saturated heterocycles. The highest BCUT2D eigenvalue weighted by molar-refractivity contribution is 7.15. The maximum absolute atomic E-state index is 12.8. The van der Waals surface area contributed by atoms with Crippen LogP contribution in [0.2, 0.25) is 5.02 Å². The molecule has 0 aliphatic carbocycles. The van der Waals surface area contributed by atoms with E-state index in [1.165, 1.54) is 21.1 Å². The van der Waals surface area contributed by atoms with Gasteiger partial charge in [0, 0.05) is 33.6 Å². The molecule has 14 nitrogen and oxygen atoms in total. The second-order valence-corrected chi connectivity index (χ2v) is 15.5. The van der Waals surface area contributed by atoms with Gasteiger partial charge in [-0.2, -0.15) is 18.3 Å². The highest BCUT2D eigenvalue weighted by Crippen LogP contribution is 2.40. The minimum atomic E-state index is -5.08. The van der Waals surface area contributed by atoms with Crippen LogP contribution < -0.4 is 15.7 Å². The number of carboxylic acid groups (broad SMARTS) is 1. The van der Waals surface area contributed by atoms with E-state index in [0.29, 0.717) is 53.7 Å². The van der Waals surface area contributed by atoms with Crippen LogP contribution in [-0.2, 0) is 4.79 Å². The van der Waals surface area contributed by atoms with Gasteiger partial charge < -0.3 is 25.4 Å². The predicted octanol–water partition coefficient (Wildman–Crippen LogP) is 7.57. The first-order valence-electron chi connectivity index (χ1n) is 18.3. The Kier molecular flexibility index (Phi) is 12.6. The molecule has 19 heteroatoms. The molecule has 0 fully saturated rings. The first kappa shape index (κ1) is 42.6. The maximum atomic E-state index is 12.8. The van der Waals surface area contributed by atoms with Gasteiger partial charge in [0.1, 0.15) is 40.7 Å². The number of benzene rings is 3. The molecule has 0 bridgehead atoms. The summed E-state index contributed by atoms with van der Waals surface area (Å²) in [4.78, 5) is 28.2. The summed E-state index contributed by atoms with van der Waals surface area (Å²) in [7, 11) is 0. The van der Waals surface area contributed by atoms with Gasteiger partial charge in [0.25, 0.3) is 0 Å². The van der Waals surface area contributed by atoms with Gasteiger partial charge in [0.2, 0.25) is 0 Å². The lowest BCUT2D eigenvalue weighted by Crippen LogP contribution is -2.24. The molecule has 6 aromatic rings. The molecule has 4 heterocycles. The van der Waals surface area contributed by atoms with Gasteiger partial charge in [-0.15, -0.1) is 21.5 Å². The fourth-order valence-corrected chi connectivity index (χ4v) is 7.78. The van der Waals surface area contributed by atoms with E-state index in [0.717, 1.165) is 33.5 Å². The third-order valence-electron chi connectivity index (χ3n) is 9.52. The van der Waals surface area contributed by atoms with Crippen LogP contribution in [0.3, 0.4) is 0 Å². The molecule has 3 aromatic heterocycles. The number of hydrogen-bond donors (Lipinski definition) is 5. The summed E-state index contributed by atoms with van der Waals surface area (Å²) in [6.07, 6.45) is -4.38. The Labute approximate surface area is 344 Å². The van der Waals surface area contributed by atoms with E-state index in [9.17, 15) is 28.2 Å². The number of ether oxygens (including phenoxy) is 1. The van der Waals surface area contributed by atoms with Crippen molar-refractivity contribution in [2.45, 2.75) is 59.2 Å². The lowest BCUT2D eigenvalue weighted by atomic mass is 9.98. The van der Waals surface area contributed by atoms with Crippen molar-refractivity contribution in [2.24, 2.45) is 4.99 Å². The summed E-state index contributed by atoms with van der Waals surface area (Å²) in [6.45, 7) is 11.8. The Balaban J connectivity index is 0.000000768. The standard InChI is InChI=1S/C38H39ClN8O4S.C2HF3O2/c1-20(2)28-18-29(32(49)19-31(28)48)35-43-45-38(50)47(35)26-10-12-27(13-11-26)51-17-16-40-15-14-30-36-44-42-23(5)46(36)37-33(21(3)22(4)52-37)34(41-30)24-6-8-25(39)9-7-24;3-2(4,5)1(6)7/h6-13,18-20,30,40,48-49H,14-17H2,1-5H3,(H,45,50);(H,6,7)/t30-;/m0./s1. The summed E-state index contributed by atoms with van der Waals surface area (Å²) in [5, 5.41) is 48.9. The van der Waals surface area contributed by atoms with E-state index in [1.54, 1.807) is 41.7 Å². The van der Waals surface area contributed by atoms with Gasteiger partial charge >= 0.3 is 17.8 Å². The molecule has 1 aliphatic heterocycles. The Hall–Kier alpha value is -5.98. The number of aromatic nitrogens is 6. The fraction of sp³-hybridized carbons (Fsp3) is 0.300. The van der Waals surface area contributed by atoms with E-state index in [-0.39, 0.29) is 29.3 Å². The first-order valence-corrected chi connectivity index (χ1v) is 19.5. The number of aryl methyl sites for hydroxylation is 2. The molecule has 0 amide bonds. The van der Waals surface area contributed by atoms with Crippen LogP contribution in [-0.4, -0.2) is 82.4 Å². The number of hydrogen-bond acceptors (Lipinski definition) is 11. The Bertz CT molecular complexity index is 2560. The minimum absolute atomic E-state index is 0.00272. The van der Waals surface area contributed by atoms with E-state index in [1.807, 2.05) is 45.0 Å². The number of alkyl halides is 3. The molecule has 59 heavy (non-hydrogen) atoms. The zero-order chi connectivity index (χ0) is 42.8. The second kappa shape index (κ2) is 17.5. The van der Waals surface area contributed by atoms with Crippen molar-refractivity contribution >= 4 is 34.6 Å². The third kappa shape index (κ3) is 9.19. The number of rotatable bonds is 11. The van der Waals surface area contributed by atoms with Gasteiger partial charge in [0.05, 0.1) is 17.0 Å². The topological polar surface area (TPSA) is 193 Å². The number of phenolic OH excluding ortho intramolecular Hbond substituents is 2. The van der Waals surface area contributed by atoms with Crippen LogP contribution in [0.5, 0.6) is 17.2 Å². The number of nitrogens with zero attached hydrogens (tertiary/aromatic N) is 6. The van der Waals surface area contributed by atoms with Gasteiger partial charge in [-0.3, -0.25) is 9.56 Å². The second-order valence-electron chi connectivity index (χ2n) is 13.9. The van der Waals surface area contributed by atoms with E-state index >= 15 is 0 Å². The van der Waals surface area contributed by atoms with Crippen molar-refractivity contribution in [3.63, 3.8) is 0 Å². The highest BCUT2D eigenvalue weighted by atomic mass is 35.5. The van der Waals surface area contributed by atoms with Crippen LogP contribution in [0.4, 0.5) is 13.2 Å². The maximum Gasteiger partial charge on any atom is 0.490 e. The summed E-state index contributed by atoms with van der Waals surface area (Å²) in [5.74, 6) is -0.433. The summed E-state index contributed by atoms with van der Waals surface area (Å²) in [5.41, 5.74) is 5.30. The molecule has 5 N–H and O–H groups in total. The number of thiophene rings is 1. The quantitative estimate of drug-likeness (QED) is 0.0813. The van der Waals surface area contributed by atoms with Crippen LogP contribution in [0.15, 0.2) is 70.5 Å². The molecule has 1 aliphatic rings. The molecule has 3 aromatic carbocycles. The molecule has 0 saturated carbocycles. The Morgan fingerprint density at radius 3 is 2.32 bits per heavy atom. The first-order chi connectivity index (χ1) is 28.0. The van der Waals surface area contributed by atoms with Crippen molar-refractivity contribution in [2.75, 3.05) is 19.7 Å². The molecule has 0 unspecified atom stereocenters. The number of fused-ring (bicyclic) bond motifs is 3. The van der Waals surface area contributed by atoms with E-state index < -0.39 is 17.8 Å². The number of aliphatic imine (C=N–C) groups is 1. The van der Waals surface area contributed by atoms with Crippen molar-refractivity contribution in [3.8, 4) is 39.3 Å². The summed E-state index contributed by atoms with van der Waals surface area (Å²) in [6, 6.07) is 17.6. The van der Waals surface area contributed by atoms with Gasteiger partial charge in [0.15, 0.2) is 11.6 Å². The number of carbonyl (C=O) groups is 1. The molecule has 0 spiro atoms. The lowest BCUT2D eigenvalue weighted by molar-refractivity contribution is -0.192. The monoisotopic (exact) mass is 852 g/mol. The highest BCUT2D eigenvalue weighted by Gasteiger charge is 2.38. The number of phenols is 2. The van der Waals surface area contributed by atoms with Crippen molar-refractivity contribution in [1.82, 2.24) is 34.8 Å². The SMILES string of the molecule is Cc1sc2c(c1C)C(c1ccc(Cl)cc1)=N[C@@H](CCNCCOc1ccc(-n3c(-c4cc(C(C)C)c(O)cc4O)n[nH]c3=O)cc1)c1nnc(C)n1-2.O=C(O)C(F)(F)F. The average Bonchev–Trinajstić information content (AvgIpc) is 3.82. The van der Waals surface area contributed by atoms with Crippen molar-refractivity contribution in [3.05, 3.63) is 115 Å². The molecular weight excluding hydrogens is 813 g/mol. The van der Waals surface area contributed by atoms with Crippen molar-refractivity contribution < 1.29 is 38.0 Å². The predicted molar refractivity (Wildman–Crippen MR) is 217 cm³/mol. The normalized spacial score (nSPS) is 13.6. The molecule has 1 atom stereocenters. The van der Waals surface area contributed by atoms with Gasteiger partial charge in [-0.25, -0.2) is 19.3 Å². The van der Waals surface area contributed by atoms with Crippen LogP contribution in [0.1, 0.15) is 71.0 Å². The summed E-state index contributed by atoms with van der Waals surface area (Å²) < 4.78 is 41.3. The van der Waals surface area contributed by atoms with Gasteiger partial charge in [-0.05, 0) is 93.2 Å². The lowest BCUT2D eigenvalue weighted by Gasteiger charge is -2.14. The van der Waals surface area contributed by atoms with Crippen molar-refractivity contribution in [1.29, 1.82) is 0 Å². The number of aliphatic carboxylic acids is 1. The Morgan fingerprint density at radius 1 is 1.00 bits per heavy atom. The molecule has 310 valence electrons. The van der Waals surface area contributed by atoms with E-state index in [4.69, 9.17) is 31.2 Å². The number of halogens is 4. The number of aromatic amines is 1. The molecule has 0 radical (unpaired) electrons. The average molecular weight is 853 g/mol. The van der Waals surface area contributed by atoms with Crippen LogP contribution in [0, 0.1) is 20.8 Å². The third-order valence-corrected chi connectivity index (χ3v) is 11.0. The minimum Gasteiger partial charge on any atom is -0.508 e. The van der Waals surface area contributed by atoms with Crippen LogP contribution in [0.25, 0.3) is 22.1 Å². The molecule has 7 rings (SSSR count). The zero-order valence-electron chi connectivity index (χ0n) is 32.4. The smallest absolute Gasteiger partial charge is 0.490 e. The van der Waals surface area contributed by atoms with Gasteiger partial charge in [-0.1, -0.05) is 37.6 Å². The number of carboxylic acids is 1. The molecular formula is C40H40ClF3N8O6S. The number of nitrogens with one attached hydrogen (secondary N) is 2. The zero-order valence-corrected chi connectivity index (χ0v) is 34.0. The largest absolute Gasteiger partial charge is 0.508 e. The summed E-state index contributed by atoms with van der Waals surface area (Å²) >= 11 is 7.98. The number of H-pyrrole nitrogens is 1. The Morgan fingerprint density at radius 2 is 1.68 bits per heavy atom.